The first-order valence-corrected chi connectivity index (χ1v) is 6.49. The summed E-state index contributed by atoms with van der Waals surface area (Å²) >= 11 is 3.46. The van der Waals surface area contributed by atoms with Crippen LogP contribution in [0.25, 0.3) is 0 Å². The van der Waals surface area contributed by atoms with E-state index in [2.05, 4.69) is 26.1 Å². The predicted molar refractivity (Wildman–Crippen MR) is 74.1 cm³/mol. The van der Waals surface area contributed by atoms with E-state index < -0.39 is 0 Å². The van der Waals surface area contributed by atoms with Crippen LogP contribution in [0.5, 0.6) is 0 Å². The van der Waals surface area contributed by atoms with Gasteiger partial charge in [-0.05, 0) is 24.6 Å². The van der Waals surface area contributed by atoms with E-state index in [1.54, 1.807) is 0 Å². The third-order valence-electron chi connectivity index (χ3n) is 3.03. The molecule has 1 fully saturated rings. The molecule has 0 saturated carbocycles. The summed E-state index contributed by atoms with van der Waals surface area (Å²) in [6.07, 6.45) is 3.86. The van der Waals surface area contributed by atoms with Crippen molar-refractivity contribution in [2.75, 3.05) is 26.2 Å². The zero-order chi connectivity index (χ0) is 12.4. The molecule has 0 aromatic heterocycles. The molecule has 0 atom stereocenters. The molecule has 4 nitrogen and oxygen atoms in total. The van der Waals surface area contributed by atoms with Gasteiger partial charge in [0.05, 0.1) is 5.71 Å². The number of nitrogens with one attached hydrogen (secondary N) is 2. The molecule has 0 amide bonds. The lowest BCUT2D eigenvalue weighted by atomic mass is 9.98. The first-order chi connectivity index (χ1) is 8.09. The smallest absolute Gasteiger partial charge is 0.108 e. The zero-order valence-electron chi connectivity index (χ0n) is 9.89. The normalized spacial score (nSPS) is 24.4. The van der Waals surface area contributed by atoms with Gasteiger partial charge in [-0.25, -0.2) is 0 Å². The number of piperazine rings is 1. The fraction of sp³-hybridized carbons (Fsp3) is 0.417. The van der Waals surface area contributed by atoms with Crippen LogP contribution in [0.2, 0.25) is 0 Å². The number of hydrogen-bond acceptors (Lipinski definition) is 4. The summed E-state index contributed by atoms with van der Waals surface area (Å²) in [4.78, 5) is 2.13. The minimum atomic E-state index is 0.518. The third-order valence-corrected chi connectivity index (χ3v) is 3.49. The van der Waals surface area contributed by atoms with Crippen molar-refractivity contribution in [2.24, 2.45) is 5.73 Å². The molecule has 4 N–H and O–H groups in total. The van der Waals surface area contributed by atoms with Gasteiger partial charge in [0.2, 0.25) is 0 Å². The van der Waals surface area contributed by atoms with E-state index in [0.29, 0.717) is 11.5 Å². The maximum atomic E-state index is 8.08. The third kappa shape index (κ3) is 2.61. The van der Waals surface area contributed by atoms with Crippen molar-refractivity contribution in [3.05, 3.63) is 33.6 Å². The van der Waals surface area contributed by atoms with Crippen LogP contribution in [0.3, 0.4) is 0 Å². The minimum absolute atomic E-state index is 0.518. The standard InChI is InChI=1S/C12H17BrN4/c1-8-6-9(13)7-10(11(8)14)12(15)17-4-2-16-3-5-17/h6-7,14,16H,2-5,15H2,1H3/b12-10+,14-11?. The molecule has 1 saturated heterocycles. The number of hydrogen-bond donors (Lipinski definition) is 3. The van der Waals surface area contributed by atoms with Crippen LogP contribution in [0.1, 0.15) is 6.92 Å². The summed E-state index contributed by atoms with van der Waals surface area (Å²) in [7, 11) is 0. The minimum Gasteiger partial charge on any atom is -0.385 e. The molecule has 1 aliphatic heterocycles. The summed E-state index contributed by atoms with van der Waals surface area (Å²) in [5.41, 5.74) is 8.46. The second-order valence-corrected chi connectivity index (χ2v) is 5.18. The zero-order valence-corrected chi connectivity index (χ0v) is 11.5. The first kappa shape index (κ1) is 12.4. The van der Waals surface area contributed by atoms with Crippen molar-refractivity contribution < 1.29 is 0 Å². The van der Waals surface area contributed by atoms with Gasteiger partial charge in [-0.2, -0.15) is 0 Å². The lowest BCUT2D eigenvalue weighted by Gasteiger charge is -2.31. The average Bonchev–Trinajstić information content (AvgIpc) is 2.34. The van der Waals surface area contributed by atoms with E-state index in [-0.39, 0.29) is 0 Å². The molecule has 2 aliphatic rings. The van der Waals surface area contributed by atoms with Crippen LogP contribution < -0.4 is 11.1 Å². The summed E-state index contributed by atoms with van der Waals surface area (Å²) < 4.78 is 0.971. The van der Waals surface area contributed by atoms with Crippen molar-refractivity contribution in [2.45, 2.75) is 6.92 Å². The molecule has 92 valence electrons. The maximum Gasteiger partial charge on any atom is 0.108 e. The highest BCUT2D eigenvalue weighted by Crippen LogP contribution is 2.24. The van der Waals surface area contributed by atoms with Crippen molar-refractivity contribution >= 4 is 21.6 Å². The van der Waals surface area contributed by atoms with E-state index in [9.17, 15) is 0 Å². The van der Waals surface area contributed by atoms with Gasteiger partial charge in [-0.1, -0.05) is 15.9 Å². The van der Waals surface area contributed by atoms with Crippen LogP contribution in [-0.4, -0.2) is 36.8 Å². The molecule has 0 spiro atoms. The van der Waals surface area contributed by atoms with E-state index >= 15 is 0 Å². The first-order valence-electron chi connectivity index (χ1n) is 5.70. The highest BCUT2D eigenvalue weighted by atomic mass is 79.9. The molecule has 2 rings (SSSR count). The SMILES string of the molecule is CC1=CC(Br)=C/C(=C(/N)N2CCNCC2)C1=N. The van der Waals surface area contributed by atoms with Gasteiger partial charge in [0.1, 0.15) is 5.82 Å². The molecule has 1 aliphatic carbocycles. The lowest BCUT2D eigenvalue weighted by Crippen LogP contribution is -2.45. The molecule has 1 heterocycles. The number of rotatable bonds is 1. The Morgan fingerprint density at radius 3 is 2.71 bits per heavy atom. The summed E-state index contributed by atoms with van der Waals surface area (Å²) in [5.74, 6) is 0.709. The summed E-state index contributed by atoms with van der Waals surface area (Å²) in [6.45, 7) is 5.62. The lowest BCUT2D eigenvalue weighted by molar-refractivity contribution is 0.295. The van der Waals surface area contributed by atoms with E-state index in [0.717, 1.165) is 41.8 Å². The van der Waals surface area contributed by atoms with Crippen LogP contribution >= 0.6 is 15.9 Å². The fourth-order valence-electron chi connectivity index (χ4n) is 2.02. The van der Waals surface area contributed by atoms with Gasteiger partial charge >= 0.3 is 0 Å². The van der Waals surface area contributed by atoms with Gasteiger partial charge < -0.3 is 16.0 Å². The fourth-order valence-corrected chi connectivity index (χ4v) is 2.59. The Balaban J connectivity index is 2.30. The van der Waals surface area contributed by atoms with Crippen molar-refractivity contribution in [3.8, 4) is 0 Å². The molecule has 17 heavy (non-hydrogen) atoms. The van der Waals surface area contributed by atoms with E-state index in [4.69, 9.17) is 11.1 Å². The number of halogens is 1. The van der Waals surface area contributed by atoms with Crippen molar-refractivity contribution in [1.29, 1.82) is 5.41 Å². The topological polar surface area (TPSA) is 65.1 Å². The largest absolute Gasteiger partial charge is 0.385 e. The Morgan fingerprint density at radius 1 is 1.41 bits per heavy atom. The second-order valence-electron chi connectivity index (χ2n) is 4.27. The maximum absolute atomic E-state index is 8.08. The van der Waals surface area contributed by atoms with Crippen LogP contribution in [0.15, 0.2) is 33.6 Å². The molecular weight excluding hydrogens is 280 g/mol. The number of nitrogens with two attached hydrogens (primary N) is 1. The van der Waals surface area contributed by atoms with Gasteiger partial charge in [0.15, 0.2) is 0 Å². The number of allylic oxidation sites excluding steroid dienone is 5. The summed E-state index contributed by atoms with van der Waals surface area (Å²) in [5, 5.41) is 11.4. The number of nitrogens with zero attached hydrogens (tertiary/aromatic N) is 1. The molecule has 0 aromatic rings. The Bertz CT molecular complexity index is 428. The van der Waals surface area contributed by atoms with Crippen LogP contribution in [0.4, 0.5) is 0 Å². The predicted octanol–water partition coefficient (Wildman–Crippen LogP) is 1.32. The molecule has 0 radical (unpaired) electrons. The second kappa shape index (κ2) is 5.06. The molecule has 0 aromatic carbocycles. The van der Waals surface area contributed by atoms with E-state index in [1.165, 1.54) is 0 Å². The van der Waals surface area contributed by atoms with Crippen LogP contribution in [-0.2, 0) is 0 Å². The Morgan fingerprint density at radius 2 is 2.06 bits per heavy atom. The Labute approximate surface area is 110 Å². The van der Waals surface area contributed by atoms with Gasteiger partial charge in [0, 0.05) is 36.2 Å². The van der Waals surface area contributed by atoms with E-state index in [1.807, 2.05) is 19.1 Å². The quantitative estimate of drug-likeness (QED) is 0.684. The average molecular weight is 297 g/mol. The van der Waals surface area contributed by atoms with Crippen molar-refractivity contribution in [1.82, 2.24) is 10.2 Å². The highest BCUT2D eigenvalue weighted by Gasteiger charge is 2.19. The molecular formula is C12H17BrN4. The molecule has 5 heteroatoms. The highest BCUT2D eigenvalue weighted by molar-refractivity contribution is 9.11. The molecule has 0 bridgehead atoms. The monoisotopic (exact) mass is 296 g/mol. The van der Waals surface area contributed by atoms with Gasteiger partial charge in [-0.15, -0.1) is 0 Å². The van der Waals surface area contributed by atoms with Gasteiger partial charge in [0.25, 0.3) is 0 Å². The van der Waals surface area contributed by atoms with Crippen molar-refractivity contribution in [3.63, 3.8) is 0 Å². The Hall–Kier alpha value is -1.07. The molecule has 0 unspecified atom stereocenters. The van der Waals surface area contributed by atoms with Gasteiger partial charge in [-0.3, -0.25) is 5.41 Å². The Kier molecular flexibility index (Phi) is 3.69. The summed E-state index contributed by atoms with van der Waals surface area (Å²) in [6, 6.07) is 0. The van der Waals surface area contributed by atoms with Crippen LogP contribution in [0, 0.1) is 5.41 Å².